The number of aromatic nitrogens is 3. The first-order valence-electron chi connectivity index (χ1n) is 7.25. The van der Waals surface area contributed by atoms with Crippen molar-refractivity contribution in [3.63, 3.8) is 0 Å². The van der Waals surface area contributed by atoms with E-state index >= 15 is 0 Å². The van der Waals surface area contributed by atoms with Crippen molar-refractivity contribution in [1.82, 2.24) is 20.5 Å². The molecule has 118 valence electrons. The lowest BCUT2D eigenvalue weighted by atomic mass is 9.84. The predicted molar refractivity (Wildman–Crippen MR) is 78.0 cm³/mol. The van der Waals surface area contributed by atoms with Gasteiger partial charge in [-0.15, -0.1) is 5.10 Å². The zero-order valence-corrected chi connectivity index (χ0v) is 12.9. The van der Waals surface area contributed by atoms with Crippen LogP contribution in [0.3, 0.4) is 0 Å². The van der Waals surface area contributed by atoms with E-state index in [1.54, 1.807) is 0 Å². The maximum Gasteiger partial charge on any atom is 0.303 e. The predicted octanol–water partition coefficient (Wildman–Crippen LogP) is 1.77. The number of hydrogen-bond acceptors (Lipinski definition) is 4. The van der Waals surface area contributed by atoms with Gasteiger partial charge in [-0.05, 0) is 24.7 Å². The van der Waals surface area contributed by atoms with Gasteiger partial charge in [0.05, 0.1) is 0 Å². The van der Waals surface area contributed by atoms with E-state index in [2.05, 4.69) is 20.5 Å². The van der Waals surface area contributed by atoms with E-state index in [9.17, 15) is 9.59 Å². The Bertz CT molecular complexity index is 482. The first kappa shape index (κ1) is 17.1. The zero-order chi connectivity index (χ0) is 15.9. The molecule has 0 aliphatic carbocycles. The van der Waals surface area contributed by atoms with Gasteiger partial charge in [-0.1, -0.05) is 20.8 Å². The number of nitrogens with zero attached hydrogens (tertiary/aromatic N) is 2. The average Bonchev–Trinajstić information content (AvgIpc) is 2.85. The number of carbonyl (C=O) groups excluding carboxylic acids is 1. The summed E-state index contributed by atoms with van der Waals surface area (Å²) < 4.78 is 0. The fourth-order valence-corrected chi connectivity index (χ4v) is 1.91. The van der Waals surface area contributed by atoms with Crippen molar-refractivity contribution in [3.8, 4) is 0 Å². The molecule has 0 aliphatic rings. The molecule has 0 saturated heterocycles. The largest absolute Gasteiger partial charge is 0.481 e. The highest BCUT2D eigenvalue weighted by molar-refractivity contribution is 5.90. The Balaban J connectivity index is 2.36. The molecule has 0 atom stereocenters. The lowest BCUT2D eigenvalue weighted by molar-refractivity contribution is -0.137. The van der Waals surface area contributed by atoms with Gasteiger partial charge in [0.2, 0.25) is 5.82 Å². The molecule has 1 amide bonds. The number of amides is 1. The first-order chi connectivity index (χ1) is 9.84. The normalized spacial score (nSPS) is 11.4. The van der Waals surface area contributed by atoms with Gasteiger partial charge >= 0.3 is 5.97 Å². The van der Waals surface area contributed by atoms with Gasteiger partial charge in [0.15, 0.2) is 0 Å². The molecule has 1 aromatic rings. The molecular weight excluding hydrogens is 272 g/mol. The van der Waals surface area contributed by atoms with E-state index in [4.69, 9.17) is 5.11 Å². The third kappa shape index (κ3) is 6.37. The standard InChI is InChI=1S/C14H24N4O3/c1-4-5-10-16-12(18-17-10)13(21)15-9-8-14(2,3)7-6-11(19)20/h4-9H2,1-3H3,(H,15,21)(H,19,20)(H,16,17,18). The number of hydrogen-bond donors (Lipinski definition) is 3. The Morgan fingerprint density at radius 3 is 2.67 bits per heavy atom. The number of rotatable bonds is 9. The maximum absolute atomic E-state index is 11.9. The summed E-state index contributed by atoms with van der Waals surface area (Å²) in [7, 11) is 0. The minimum absolute atomic E-state index is 0.127. The van der Waals surface area contributed by atoms with Gasteiger partial charge in [-0.25, -0.2) is 4.98 Å². The van der Waals surface area contributed by atoms with Crippen LogP contribution in [0, 0.1) is 5.41 Å². The molecule has 7 nitrogen and oxygen atoms in total. The second-order valence-corrected chi connectivity index (χ2v) is 5.92. The molecule has 3 N–H and O–H groups in total. The molecule has 0 radical (unpaired) electrons. The minimum atomic E-state index is -0.795. The molecule has 1 rings (SSSR count). The second kappa shape index (κ2) is 7.75. The molecular formula is C14H24N4O3. The quantitative estimate of drug-likeness (QED) is 0.643. The molecule has 7 heteroatoms. The Labute approximate surface area is 124 Å². The smallest absolute Gasteiger partial charge is 0.303 e. The fraction of sp³-hybridized carbons (Fsp3) is 0.714. The van der Waals surface area contributed by atoms with Crippen molar-refractivity contribution in [2.24, 2.45) is 5.41 Å². The Morgan fingerprint density at radius 2 is 2.05 bits per heavy atom. The number of carboxylic acid groups (broad SMARTS) is 1. The summed E-state index contributed by atoms with van der Waals surface area (Å²) >= 11 is 0. The highest BCUT2D eigenvalue weighted by Crippen LogP contribution is 2.25. The first-order valence-corrected chi connectivity index (χ1v) is 7.25. The maximum atomic E-state index is 11.9. The Kier molecular flexibility index (Phi) is 6.33. The third-order valence-electron chi connectivity index (χ3n) is 3.32. The van der Waals surface area contributed by atoms with Crippen LogP contribution in [0.25, 0.3) is 0 Å². The van der Waals surface area contributed by atoms with E-state index in [0.29, 0.717) is 25.2 Å². The van der Waals surface area contributed by atoms with Gasteiger partial charge in [-0.3, -0.25) is 14.7 Å². The number of H-pyrrole nitrogens is 1. The SMILES string of the molecule is CCCc1nc(C(=O)NCCC(C)(C)CCC(=O)O)n[nH]1. The van der Waals surface area contributed by atoms with Crippen LogP contribution in [0.2, 0.25) is 0 Å². The highest BCUT2D eigenvalue weighted by Gasteiger charge is 2.20. The van der Waals surface area contributed by atoms with E-state index in [0.717, 1.165) is 12.8 Å². The van der Waals surface area contributed by atoms with Crippen LogP contribution in [-0.2, 0) is 11.2 Å². The van der Waals surface area contributed by atoms with Crippen molar-refractivity contribution in [1.29, 1.82) is 0 Å². The Hall–Kier alpha value is -1.92. The summed E-state index contributed by atoms with van der Waals surface area (Å²) in [6, 6.07) is 0. The Morgan fingerprint density at radius 1 is 1.33 bits per heavy atom. The molecule has 0 aliphatic heterocycles. The van der Waals surface area contributed by atoms with Gasteiger partial charge in [0.25, 0.3) is 5.91 Å². The van der Waals surface area contributed by atoms with E-state index in [-0.39, 0.29) is 23.6 Å². The molecule has 0 bridgehead atoms. The van der Waals surface area contributed by atoms with Crippen LogP contribution in [0.5, 0.6) is 0 Å². The van der Waals surface area contributed by atoms with Crippen LogP contribution in [-0.4, -0.2) is 38.7 Å². The molecule has 1 aromatic heterocycles. The summed E-state index contributed by atoms with van der Waals surface area (Å²) in [4.78, 5) is 26.6. The van der Waals surface area contributed by atoms with Gasteiger partial charge < -0.3 is 10.4 Å². The van der Waals surface area contributed by atoms with Crippen LogP contribution >= 0.6 is 0 Å². The van der Waals surface area contributed by atoms with Crippen molar-refractivity contribution in [2.75, 3.05) is 6.54 Å². The summed E-state index contributed by atoms with van der Waals surface area (Å²) in [5, 5.41) is 18.1. The van der Waals surface area contributed by atoms with E-state index in [1.807, 2.05) is 20.8 Å². The monoisotopic (exact) mass is 296 g/mol. The summed E-state index contributed by atoms with van der Waals surface area (Å²) in [6.07, 6.45) is 3.14. The lowest BCUT2D eigenvalue weighted by Gasteiger charge is -2.23. The van der Waals surface area contributed by atoms with Gasteiger partial charge in [0, 0.05) is 19.4 Å². The molecule has 0 spiro atoms. The van der Waals surface area contributed by atoms with Crippen molar-refractivity contribution >= 4 is 11.9 Å². The molecule has 0 fully saturated rings. The number of aliphatic carboxylic acids is 1. The van der Waals surface area contributed by atoms with Crippen LogP contribution < -0.4 is 5.32 Å². The van der Waals surface area contributed by atoms with Gasteiger partial charge in [0.1, 0.15) is 5.82 Å². The number of carbonyl (C=O) groups is 2. The number of aromatic amines is 1. The average molecular weight is 296 g/mol. The topological polar surface area (TPSA) is 108 Å². The molecule has 0 saturated carbocycles. The van der Waals surface area contributed by atoms with Crippen molar-refractivity contribution in [3.05, 3.63) is 11.6 Å². The van der Waals surface area contributed by atoms with Crippen LogP contribution in [0.15, 0.2) is 0 Å². The zero-order valence-electron chi connectivity index (χ0n) is 12.9. The summed E-state index contributed by atoms with van der Waals surface area (Å²) in [5.41, 5.74) is -0.127. The third-order valence-corrected chi connectivity index (χ3v) is 3.32. The number of nitrogens with one attached hydrogen (secondary N) is 2. The van der Waals surface area contributed by atoms with E-state index < -0.39 is 5.97 Å². The lowest BCUT2D eigenvalue weighted by Crippen LogP contribution is -2.29. The summed E-state index contributed by atoms with van der Waals surface area (Å²) in [6.45, 7) is 6.49. The van der Waals surface area contributed by atoms with Crippen LogP contribution in [0.1, 0.15) is 62.9 Å². The summed E-state index contributed by atoms with van der Waals surface area (Å²) in [5.74, 6) is -0.231. The van der Waals surface area contributed by atoms with Crippen LogP contribution in [0.4, 0.5) is 0 Å². The highest BCUT2D eigenvalue weighted by atomic mass is 16.4. The second-order valence-electron chi connectivity index (χ2n) is 5.92. The molecule has 0 aromatic carbocycles. The molecule has 0 unspecified atom stereocenters. The minimum Gasteiger partial charge on any atom is -0.481 e. The van der Waals surface area contributed by atoms with Crippen molar-refractivity contribution in [2.45, 2.75) is 52.9 Å². The molecule has 21 heavy (non-hydrogen) atoms. The number of aryl methyl sites for hydroxylation is 1. The van der Waals surface area contributed by atoms with Gasteiger partial charge in [-0.2, -0.15) is 0 Å². The number of carboxylic acids is 1. The van der Waals surface area contributed by atoms with Crippen molar-refractivity contribution < 1.29 is 14.7 Å². The molecule has 1 heterocycles. The fourth-order valence-electron chi connectivity index (χ4n) is 1.91. The van der Waals surface area contributed by atoms with E-state index in [1.165, 1.54) is 0 Å².